The second-order valence-electron chi connectivity index (χ2n) is 3.64. The zero-order chi connectivity index (χ0) is 11.2. The van der Waals surface area contributed by atoms with Gasteiger partial charge < -0.3 is 5.32 Å². The van der Waals surface area contributed by atoms with Crippen LogP contribution in [0.2, 0.25) is 0 Å². The number of nitrogens with zero attached hydrogens (tertiary/aromatic N) is 4. The van der Waals surface area contributed by atoms with Crippen LogP contribution in [-0.4, -0.2) is 26.8 Å². The maximum atomic E-state index is 3.85. The van der Waals surface area contributed by atoms with E-state index >= 15 is 0 Å². The summed E-state index contributed by atoms with van der Waals surface area (Å²) in [6.07, 6.45) is 2.13. The number of aromatic nitrogens is 4. The lowest BCUT2D eigenvalue weighted by Crippen LogP contribution is -2.08. The molecule has 0 saturated heterocycles. The maximum absolute atomic E-state index is 3.85. The summed E-state index contributed by atoms with van der Waals surface area (Å²) in [7, 11) is 1.82. The van der Waals surface area contributed by atoms with Crippen LogP contribution in [0.1, 0.15) is 12.0 Å². The normalized spacial score (nSPS) is 10.3. The molecule has 84 valence electrons. The third-order valence-corrected chi connectivity index (χ3v) is 2.39. The van der Waals surface area contributed by atoms with E-state index < -0.39 is 0 Å². The molecule has 0 spiro atoms. The van der Waals surface area contributed by atoms with E-state index in [0.29, 0.717) is 5.95 Å². The number of nitrogens with one attached hydrogen (secondary N) is 1. The average Bonchev–Trinajstić information content (AvgIpc) is 2.72. The molecule has 2 rings (SSSR count). The molecule has 1 aromatic heterocycles. The van der Waals surface area contributed by atoms with Gasteiger partial charge in [-0.3, -0.25) is 0 Å². The molecule has 5 heteroatoms. The Morgan fingerprint density at radius 3 is 2.75 bits per heavy atom. The summed E-state index contributed by atoms with van der Waals surface area (Å²) in [5.41, 5.74) is 1.36. The molecular formula is C11H15N5. The third kappa shape index (κ3) is 2.79. The van der Waals surface area contributed by atoms with Gasteiger partial charge in [0.1, 0.15) is 0 Å². The van der Waals surface area contributed by atoms with E-state index in [9.17, 15) is 0 Å². The summed E-state index contributed by atoms with van der Waals surface area (Å²) in [5.74, 6) is 0.716. The molecule has 0 amide bonds. The Bertz CT molecular complexity index is 423. The number of benzene rings is 1. The van der Waals surface area contributed by atoms with Gasteiger partial charge in [0.05, 0.1) is 0 Å². The molecule has 0 fully saturated rings. The molecule has 0 unspecified atom stereocenters. The van der Waals surface area contributed by atoms with E-state index in [4.69, 9.17) is 0 Å². The topological polar surface area (TPSA) is 55.6 Å². The number of hydrogen-bond acceptors (Lipinski definition) is 4. The molecule has 5 nitrogen and oxygen atoms in total. The average molecular weight is 217 g/mol. The van der Waals surface area contributed by atoms with Crippen LogP contribution in [0.15, 0.2) is 30.3 Å². The first-order valence-corrected chi connectivity index (χ1v) is 5.36. The first-order chi connectivity index (χ1) is 7.86. The fourth-order valence-electron chi connectivity index (χ4n) is 1.52. The lowest BCUT2D eigenvalue weighted by Gasteiger charge is -2.03. The van der Waals surface area contributed by atoms with E-state index in [1.54, 1.807) is 4.68 Å². The van der Waals surface area contributed by atoms with Gasteiger partial charge in [-0.2, -0.15) is 0 Å². The standard InChI is InChI=1S/C11H15N5/c1-16-11(13-14-15-16)12-9-5-8-10-6-3-2-4-7-10/h2-4,6-7H,5,8-9H2,1H3,(H,12,13,15). The van der Waals surface area contributed by atoms with Crippen LogP contribution in [0.3, 0.4) is 0 Å². The maximum Gasteiger partial charge on any atom is 0.242 e. The zero-order valence-electron chi connectivity index (χ0n) is 9.30. The third-order valence-electron chi connectivity index (χ3n) is 2.39. The van der Waals surface area contributed by atoms with E-state index in [1.165, 1.54) is 5.56 Å². The molecule has 1 N–H and O–H groups in total. The molecule has 0 aliphatic heterocycles. The van der Waals surface area contributed by atoms with Crippen molar-refractivity contribution in [1.29, 1.82) is 0 Å². The van der Waals surface area contributed by atoms with Crippen molar-refractivity contribution in [3.05, 3.63) is 35.9 Å². The summed E-state index contributed by atoms with van der Waals surface area (Å²) in [6, 6.07) is 10.4. The Balaban J connectivity index is 1.72. The highest BCUT2D eigenvalue weighted by Crippen LogP contribution is 2.03. The molecule has 0 aliphatic carbocycles. The van der Waals surface area contributed by atoms with Crippen LogP contribution in [0, 0.1) is 0 Å². The first kappa shape index (κ1) is 10.6. The van der Waals surface area contributed by atoms with Crippen molar-refractivity contribution in [1.82, 2.24) is 20.2 Å². The fourth-order valence-corrected chi connectivity index (χ4v) is 1.52. The molecule has 1 heterocycles. The number of anilines is 1. The molecular weight excluding hydrogens is 202 g/mol. The molecule has 0 aliphatic rings. The zero-order valence-corrected chi connectivity index (χ0v) is 9.30. The van der Waals surface area contributed by atoms with Crippen molar-refractivity contribution in [2.75, 3.05) is 11.9 Å². The van der Waals surface area contributed by atoms with Gasteiger partial charge in [0, 0.05) is 13.6 Å². The lowest BCUT2D eigenvalue weighted by atomic mass is 10.1. The van der Waals surface area contributed by atoms with Crippen LogP contribution in [-0.2, 0) is 13.5 Å². The van der Waals surface area contributed by atoms with Gasteiger partial charge in [0.15, 0.2) is 0 Å². The van der Waals surface area contributed by atoms with E-state index in [2.05, 4.69) is 45.1 Å². The number of hydrogen-bond donors (Lipinski definition) is 1. The van der Waals surface area contributed by atoms with Crippen LogP contribution < -0.4 is 5.32 Å². The Morgan fingerprint density at radius 1 is 1.25 bits per heavy atom. The van der Waals surface area contributed by atoms with Gasteiger partial charge in [-0.25, -0.2) is 4.68 Å². The van der Waals surface area contributed by atoms with Crippen LogP contribution in [0.5, 0.6) is 0 Å². The van der Waals surface area contributed by atoms with Crippen molar-refractivity contribution < 1.29 is 0 Å². The van der Waals surface area contributed by atoms with Crippen molar-refractivity contribution in [2.45, 2.75) is 12.8 Å². The van der Waals surface area contributed by atoms with E-state index in [-0.39, 0.29) is 0 Å². The van der Waals surface area contributed by atoms with Crippen LogP contribution in [0.4, 0.5) is 5.95 Å². The minimum Gasteiger partial charge on any atom is -0.353 e. The summed E-state index contributed by atoms with van der Waals surface area (Å²) in [6.45, 7) is 0.878. The summed E-state index contributed by atoms with van der Waals surface area (Å²) in [4.78, 5) is 0. The minimum atomic E-state index is 0.716. The number of rotatable bonds is 5. The molecule has 1 aromatic carbocycles. The Kier molecular flexibility index (Phi) is 3.48. The monoisotopic (exact) mass is 217 g/mol. The summed E-state index contributed by atoms with van der Waals surface area (Å²) >= 11 is 0. The summed E-state index contributed by atoms with van der Waals surface area (Å²) in [5, 5.41) is 14.3. The van der Waals surface area contributed by atoms with Crippen LogP contribution in [0.25, 0.3) is 0 Å². The SMILES string of the molecule is Cn1nnnc1NCCCc1ccccc1. The van der Waals surface area contributed by atoms with E-state index in [0.717, 1.165) is 19.4 Å². The Labute approximate surface area is 94.5 Å². The van der Waals surface area contributed by atoms with Crippen molar-refractivity contribution >= 4 is 5.95 Å². The molecule has 0 atom stereocenters. The van der Waals surface area contributed by atoms with Crippen molar-refractivity contribution in [3.8, 4) is 0 Å². The highest BCUT2D eigenvalue weighted by atomic mass is 15.6. The lowest BCUT2D eigenvalue weighted by molar-refractivity contribution is 0.710. The van der Waals surface area contributed by atoms with Crippen molar-refractivity contribution in [3.63, 3.8) is 0 Å². The Hall–Kier alpha value is -1.91. The molecule has 0 radical (unpaired) electrons. The van der Waals surface area contributed by atoms with Gasteiger partial charge in [-0.15, -0.1) is 0 Å². The second-order valence-corrected chi connectivity index (χ2v) is 3.64. The summed E-state index contributed by atoms with van der Waals surface area (Å²) < 4.78 is 1.63. The first-order valence-electron chi connectivity index (χ1n) is 5.36. The molecule has 2 aromatic rings. The predicted octanol–water partition coefficient (Wildman–Crippen LogP) is 1.25. The predicted molar refractivity (Wildman–Crippen MR) is 62.1 cm³/mol. The fraction of sp³-hybridized carbons (Fsp3) is 0.364. The largest absolute Gasteiger partial charge is 0.353 e. The smallest absolute Gasteiger partial charge is 0.242 e. The van der Waals surface area contributed by atoms with Crippen LogP contribution >= 0.6 is 0 Å². The van der Waals surface area contributed by atoms with Gasteiger partial charge in [-0.1, -0.05) is 35.4 Å². The van der Waals surface area contributed by atoms with Gasteiger partial charge in [-0.05, 0) is 28.8 Å². The highest BCUT2D eigenvalue weighted by Gasteiger charge is 1.99. The van der Waals surface area contributed by atoms with E-state index in [1.807, 2.05) is 13.1 Å². The highest BCUT2D eigenvalue weighted by molar-refractivity contribution is 5.21. The van der Waals surface area contributed by atoms with Gasteiger partial charge in [0.2, 0.25) is 5.95 Å². The number of tetrazole rings is 1. The second kappa shape index (κ2) is 5.25. The number of aryl methyl sites for hydroxylation is 2. The minimum absolute atomic E-state index is 0.716. The molecule has 0 saturated carbocycles. The van der Waals surface area contributed by atoms with Crippen molar-refractivity contribution in [2.24, 2.45) is 7.05 Å². The molecule has 16 heavy (non-hydrogen) atoms. The van der Waals surface area contributed by atoms with Gasteiger partial charge >= 0.3 is 0 Å². The molecule has 0 bridgehead atoms. The van der Waals surface area contributed by atoms with Gasteiger partial charge in [0.25, 0.3) is 0 Å². The Morgan fingerprint density at radius 2 is 2.06 bits per heavy atom. The quantitative estimate of drug-likeness (QED) is 0.766.